The van der Waals surface area contributed by atoms with Gasteiger partial charge in [-0.15, -0.1) is 0 Å². The van der Waals surface area contributed by atoms with Crippen molar-refractivity contribution in [2.75, 3.05) is 39.9 Å². The molecule has 0 aliphatic carbocycles. The molecule has 2 amide bonds. The third-order valence-corrected chi connectivity index (χ3v) is 5.28. The van der Waals surface area contributed by atoms with Crippen LogP contribution in [0.3, 0.4) is 0 Å². The maximum atomic E-state index is 12.5. The van der Waals surface area contributed by atoms with Crippen molar-refractivity contribution in [1.29, 1.82) is 0 Å². The van der Waals surface area contributed by atoms with Crippen molar-refractivity contribution in [2.24, 2.45) is 11.8 Å². The number of aromatic nitrogens is 2. The van der Waals surface area contributed by atoms with Gasteiger partial charge in [-0.1, -0.05) is 0 Å². The zero-order chi connectivity index (χ0) is 17.8. The molecule has 1 atom stereocenters. The molecular weight excluding hydrogens is 320 g/mol. The van der Waals surface area contributed by atoms with Gasteiger partial charge in [0.2, 0.25) is 5.91 Å². The second kappa shape index (κ2) is 7.99. The molecule has 25 heavy (non-hydrogen) atoms. The van der Waals surface area contributed by atoms with Crippen LogP contribution in [0.2, 0.25) is 0 Å². The van der Waals surface area contributed by atoms with Crippen LogP contribution in [0.15, 0.2) is 12.4 Å². The summed E-state index contributed by atoms with van der Waals surface area (Å²) in [4.78, 5) is 28.6. The number of nitrogens with zero attached hydrogens (tertiary/aromatic N) is 4. The number of aryl methyl sites for hydroxylation is 1. The molecule has 2 aliphatic heterocycles. The van der Waals surface area contributed by atoms with Crippen LogP contribution in [0.5, 0.6) is 0 Å². The van der Waals surface area contributed by atoms with Crippen LogP contribution >= 0.6 is 0 Å². The smallest absolute Gasteiger partial charge is 0.257 e. The maximum absolute atomic E-state index is 12.5. The first-order valence-electron chi connectivity index (χ1n) is 9.19. The van der Waals surface area contributed by atoms with E-state index in [1.807, 2.05) is 22.9 Å². The van der Waals surface area contributed by atoms with Gasteiger partial charge in [0.05, 0.1) is 18.4 Å². The Kier molecular flexibility index (Phi) is 5.73. The number of carbonyl (C=O) groups is 2. The van der Waals surface area contributed by atoms with Crippen molar-refractivity contribution in [3.8, 4) is 0 Å². The summed E-state index contributed by atoms with van der Waals surface area (Å²) >= 11 is 0. The lowest BCUT2D eigenvalue weighted by Crippen LogP contribution is -2.42. The summed E-state index contributed by atoms with van der Waals surface area (Å²) < 4.78 is 6.95. The summed E-state index contributed by atoms with van der Waals surface area (Å²) in [6, 6.07) is 0. The molecule has 0 bridgehead atoms. The van der Waals surface area contributed by atoms with Gasteiger partial charge in [-0.25, -0.2) is 0 Å². The number of carbonyl (C=O) groups excluding carboxylic acids is 2. The van der Waals surface area contributed by atoms with E-state index in [4.69, 9.17) is 4.74 Å². The van der Waals surface area contributed by atoms with E-state index >= 15 is 0 Å². The number of likely N-dealkylation sites (tertiary alicyclic amines) is 2. The summed E-state index contributed by atoms with van der Waals surface area (Å²) in [6.07, 6.45) is 5.97. The van der Waals surface area contributed by atoms with E-state index in [1.54, 1.807) is 18.0 Å². The van der Waals surface area contributed by atoms with Gasteiger partial charge in [-0.2, -0.15) is 5.10 Å². The third kappa shape index (κ3) is 4.21. The van der Waals surface area contributed by atoms with Crippen LogP contribution in [0, 0.1) is 11.8 Å². The fourth-order valence-corrected chi connectivity index (χ4v) is 3.84. The second-order valence-corrected chi connectivity index (χ2v) is 7.14. The standard InChI is InChI=1S/C18H28N4O3/c1-3-22-12-16(9-19-22)18(24)20-6-4-14(5-7-20)10-21-11-15(13-25-2)8-17(21)23/h9,12,14-15H,3-8,10-11,13H2,1-2H3. The molecule has 0 saturated carbocycles. The van der Waals surface area contributed by atoms with Gasteiger partial charge in [0.1, 0.15) is 0 Å². The molecule has 7 nitrogen and oxygen atoms in total. The summed E-state index contributed by atoms with van der Waals surface area (Å²) in [5, 5.41) is 4.18. The molecule has 2 aliphatic rings. The molecule has 3 rings (SSSR count). The van der Waals surface area contributed by atoms with E-state index in [1.165, 1.54) is 0 Å². The number of rotatable bonds is 6. The van der Waals surface area contributed by atoms with Crippen LogP contribution < -0.4 is 0 Å². The topological polar surface area (TPSA) is 67.7 Å². The number of amides is 2. The highest BCUT2D eigenvalue weighted by molar-refractivity contribution is 5.93. The van der Waals surface area contributed by atoms with Gasteiger partial charge < -0.3 is 14.5 Å². The van der Waals surface area contributed by atoms with Crippen molar-refractivity contribution >= 4 is 11.8 Å². The summed E-state index contributed by atoms with van der Waals surface area (Å²) in [5.41, 5.74) is 0.664. The first-order valence-corrected chi connectivity index (χ1v) is 9.19. The van der Waals surface area contributed by atoms with Crippen LogP contribution in [0.1, 0.15) is 36.5 Å². The highest BCUT2D eigenvalue weighted by Crippen LogP contribution is 2.24. The average Bonchev–Trinajstić information content (AvgIpc) is 3.22. The average molecular weight is 348 g/mol. The Bertz CT molecular complexity index is 607. The van der Waals surface area contributed by atoms with Crippen LogP contribution in [-0.2, 0) is 16.1 Å². The zero-order valence-electron chi connectivity index (χ0n) is 15.2. The molecule has 1 aromatic rings. The Morgan fingerprint density at radius 3 is 2.72 bits per heavy atom. The van der Waals surface area contributed by atoms with E-state index in [0.717, 1.165) is 45.6 Å². The lowest BCUT2D eigenvalue weighted by atomic mass is 9.96. The Balaban J connectivity index is 1.47. The fourth-order valence-electron chi connectivity index (χ4n) is 3.84. The molecule has 0 N–H and O–H groups in total. The Labute approximate surface area is 148 Å². The van der Waals surface area contributed by atoms with Gasteiger partial charge in [0.25, 0.3) is 5.91 Å². The first kappa shape index (κ1) is 17.9. The Morgan fingerprint density at radius 2 is 2.08 bits per heavy atom. The molecule has 0 radical (unpaired) electrons. The predicted octanol–water partition coefficient (Wildman–Crippen LogP) is 1.25. The molecule has 2 fully saturated rings. The number of piperidine rings is 1. The number of hydrogen-bond acceptors (Lipinski definition) is 4. The monoisotopic (exact) mass is 348 g/mol. The number of hydrogen-bond donors (Lipinski definition) is 0. The predicted molar refractivity (Wildman–Crippen MR) is 93.1 cm³/mol. The molecule has 0 spiro atoms. The van der Waals surface area contributed by atoms with E-state index in [2.05, 4.69) is 5.10 Å². The van der Waals surface area contributed by atoms with Crippen molar-refractivity contribution in [3.05, 3.63) is 18.0 Å². The fraction of sp³-hybridized carbons (Fsp3) is 0.722. The van der Waals surface area contributed by atoms with Gasteiger partial charge >= 0.3 is 0 Å². The van der Waals surface area contributed by atoms with Crippen molar-refractivity contribution in [2.45, 2.75) is 32.7 Å². The van der Waals surface area contributed by atoms with E-state index in [9.17, 15) is 9.59 Å². The number of methoxy groups -OCH3 is 1. The van der Waals surface area contributed by atoms with Crippen molar-refractivity contribution in [1.82, 2.24) is 19.6 Å². The van der Waals surface area contributed by atoms with Crippen molar-refractivity contribution in [3.63, 3.8) is 0 Å². The molecule has 138 valence electrons. The van der Waals surface area contributed by atoms with E-state index in [-0.39, 0.29) is 11.8 Å². The lowest BCUT2D eigenvalue weighted by Gasteiger charge is -2.33. The van der Waals surface area contributed by atoms with Gasteiger partial charge in [0, 0.05) is 58.4 Å². The molecule has 2 saturated heterocycles. The van der Waals surface area contributed by atoms with Gasteiger partial charge in [0.15, 0.2) is 0 Å². The summed E-state index contributed by atoms with van der Waals surface area (Å²) in [5.74, 6) is 1.12. The molecular formula is C18H28N4O3. The Hall–Kier alpha value is -1.89. The summed E-state index contributed by atoms with van der Waals surface area (Å²) in [6.45, 7) is 6.55. The summed E-state index contributed by atoms with van der Waals surface area (Å²) in [7, 11) is 1.68. The second-order valence-electron chi connectivity index (χ2n) is 7.14. The highest BCUT2D eigenvalue weighted by Gasteiger charge is 2.32. The lowest BCUT2D eigenvalue weighted by molar-refractivity contribution is -0.128. The van der Waals surface area contributed by atoms with E-state index < -0.39 is 0 Å². The largest absolute Gasteiger partial charge is 0.384 e. The molecule has 7 heteroatoms. The van der Waals surface area contributed by atoms with Gasteiger partial charge in [-0.3, -0.25) is 14.3 Å². The van der Waals surface area contributed by atoms with Crippen LogP contribution in [0.4, 0.5) is 0 Å². The SMILES string of the molecule is CCn1cc(C(=O)N2CCC(CN3CC(COC)CC3=O)CC2)cn1. The van der Waals surface area contributed by atoms with Gasteiger partial charge in [-0.05, 0) is 25.7 Å². The van der Waals surface area contributed by atoms with Crippen LogP contribution in [0.25, 0.3) is 0 Å². The normalized spacial score (nSPS) is 22.0. The van der Waals surface area contributed by atoms with Crippen molar-refractivity contribution < 1.29 is 14.3 Å². The zero-order valence-corrected chi connectivity index (χ0v) is 15.2. The quantitative estimate of drug-likeness (QED) is 0.776. The minimum atomic E-state index is 0.0653. The molecule has 0 aromatic carbocycles. The first-order chi connectivity index (χ1) is 12.1. The third-order valence-electron chi connectivity index (χ3n) is 5.28. The maximum Gasteiger partial charge on any atom is 0.257 e. The number of ether oxygens (including phenoxy) is 1. The molecule has 1 aromatic heterocycles. The van der Waals surface area contributed by atoms with E-state index in [0.29, 0.717) is 30.4 Å². The minimum absolute atomic E-state index is 0.0653. The molecule has 1 unspecified atom stereocenters. The Morgan fingerprint density at radius 1 is 1.32 bits per heavy atom. The minimum Gasteiger partial charge on any atom is -0.384 e. The highest BCUT2D eigenvalue weighted by atomic mass is 16.5. The molecule has 3 heterocycles. The van der Waals surface area contributed by atoms with Crippen LogP contribution in [-0.4, -0.2) is 71.3 Å².